The summed E-state index contributed by atoms with van der Waals surface area (Å²) in [7, 11) is 2.02. The molecule has 8 nitrogen and oxygen atoms in total. The summed E-state index contributed by atoms with van der Waals surface area (Å²) in [5.74, 6) is 0.758. The van der Waals surface area contributed by atoms with E-state index in [0.717, 1.165) is 50.6 Å². The highest BCUT2D eigenvalue weighted by Gasteiger charge is 2.49. The lowest BCUT2D eigenvalue weighted by molar-refractivity contribution is 0.0233. The summed E-state index contributed by atoms with van der Waals surface area (Å²) in [4.78, 5) is 28.7. The molecule has 0 N–H and O–H groups in total. The molecule has 2 aromatic rings. The van der Waals surface area contributed by atoms with Crippen molar-refractivity contribution in [1.29, 1.82) is 0 Å². The maximum absolute atomic E-state index is 14.3. The zero-order valence-electron chi connectivity index (χ0n) is 22.6. The Morgan fingerprint density at radius 2 is 2.08 bits per heavy atom. The van der Waals surface area contributed by atoms with Gasteiger partial charge in [0.2, 0.25) is 0 Å². The number of hydrogen-bond acceptors (Lipinski definition) is 7. The summed E-state index contributed by atoms with van der Waals surface area (Å²) in [6.45, 7) is 10.1. The van der Waals surface area contributed by atoms with Crippen molar-refractivity contribution in [2.24, 2.45) is 0 Å². The van der Waals surface area contributed by atoms with Crippen LogP contribution in [0.1, 0.15) is 53.4 Å². The monoisotopic (exact) mass is 703 g/mol. The van der Waals surface area contributed by atoms with Crippen LogP contribution >= 0.6 is 38.5 Å². The summed E-state index contributed by atoms with van der Waals surface area (Å²) < 4.78 is 28.2. The number of hydrogen-bond donors (Lipinski definition) is 0. The SMILES string of the molecule is CC1C(N(C)c2nc(OC[C@@]34CCCN3C[C@H](F)C4)nc3cc(Br)c(I)cc23)CCN1C(=O)OC(C)(C)C. The fourth-order valence-electron chi connectivity index (χ4n) is 6.24. The minimum atomic E-state index is -0.812. The van der Waals surface area contributed by atoms with Crippen LogP contribution in [0.5, 0.6) is 6.01 Å². The van der Waals surface area contributed by atoms with Crippen molar-refractivity contribution in [2.45, 2.75) is 82.8 Å². The predicted octanol–water partition coefficient (Wildman–Crippen LogP) is 5.79. The third kappa shape index (κ3) is 5.43. The van der Waals surface area contributed by atoms with Crippen molar-refractivity contribution in [3.63, 3.8) is 0 Å². The van der Waals surface area contributed by atoms with E-state index in [1.54, 1.807) is 4.90 Å². The summed E-state index contributed by atoms with van der Waals surface area (Å²) in [5.41, 5.74) is -0.0467. The van der Waals surface area contributed by atoms with Gasteiger partial charge < -0.3 is 19.3 Å². The molecule has 3 fully saturated rings. The first-order valence-corrected chi connectivity index (χ1v) is 15.2. The number of nitrogens with zero attached hydrogens (tertiary/aromatic N) is 5. The molecular formula is C27H36BrFIN5O3. The van der Waals surface area contributed by atoms with Gasteiger partial charge in [0.25, 0.3) is 0 Å². The Kier molecular flexibility index (Phi) is 7.75. The van der Waals surface area contributed by atoms with Crippen LogP contribution in [0.15, 0.2) is 16.6 Å². The molecule has 3 aliphatic rings. The number of carbonyl (C=O) groups is 1. The van der Waals surface area contributed by atoms with Gasteiger partial charge >= 0.3 is 12.1 Å². The number of likely N-dealkylation sites (tertiary alicyclic amines) is 1. The largest absolute Gasteiger partial charge is 0.461 e. The molecule has 0 aliphatic carbocycles. The quantitative estimate of drug-likeness (QED) is 0.366. The second kappa shape index (κ2) is 10.5. The molecule has 1 aromatic carbocycles. The lowest BCUT2D eigenvalue weighted by Crippen LogP contribution is -2.45. The van der Waals surface area contributed by atoms with Gasteiger partial charge in [-0.05, 0) is 104 Å². The van der Waals surface area contributed by atoms with Crippen LogP contribution in [0.4, 0.5) is 15.0 Å². The van der Waals surface area contributed by atoms with Gasteiger partial charge in [0.15, 0.2) is 0 Å². The Labute approximate surface area is 245 Å². The van der Waals surface area contributed by atoms with Crippen LogP contribution in [0, 0.1) is 3.57 Å². The summed E-state index contributed by atoms with van der Waals surface area (Å²) in [6, 6.07) is 4.33. The van der Waals surface area contributed by atoms with Gasteiger partial charge in [0.1, 0.15) is 24.2 Å². The summed E-state index contributed by atoms with van der Waals surface area (Å²) in [6.07, 6.45) is 2.17. The Morgan fingerprint density at radius 1 is 1.32 bits per heavy atom. The van der Waals surface area contributed by atoms with Gasteiger partial charge in [-0.25, -0.2) is 9.18 Å². The lowest BCUT2D eigenvalue weighted by atomic mass is 9.95. The highest BCUT2D eigenvalue weighted by Crippen LogP contribution is 2.41. The molecule has 1 aromatic heterocycles. The van der Waals surface area contributed by atoms with E-state index in [2.05, 4.69) is 61.3 Å². The molecule has 3 saturated heterocycles. The number of carbonyl (C=O) groups excluding carboxylic acids is 1. The molecule has 38 heavy (non-hydrogen) atoms. The van der Waals surface area contributed by atoms with E-state index >= 15 is 0 Å². The Bertz CT molecular complexity index is 1230. The normalized spacial score (nSPS) is 27.7. The molecule has 208 valence electrons. The second-order valence-corrected chi connectivity index (χ2v) is 13.9. The molecule has 5 rings (SSSR count). The summed E-state index contributed by atoms with van der Waals surface area (Å²) >= 11 is 5.93. The molecule has 0 radical (unpaired) electrons. The molecular weight excluding hydrogens is 668 g/mol. The fraction of sp³-hybridized carbons (Fsp3) is 0.667. The first kappa shape index (κ1) is 28.1. The fourth-order valence-corrected chi connectivity index (χ4v) is 7.04. The minimum Gasteiger partial charge on any atom is -0.461 e. The predicted molar refractivity (Wildman–Crippen MR) is 158 cm³/mol. The van der Waals surface area contributed by atoms with Crippen molar-refractivity contribution in [2.75, 3.05) is 38.2 Å². The second-order valence-electron chi connectivity index (χ2n) is 11.9. The molecule has 11 heteroatoms. The highest BCUT2D eigenvalue weighted by atomic mass is 127. The first-order chi connectivity index (χ1) is 17.9. The average Bonchev–Trinajstić information content (AvgIpc) is 3.48. The number of fused-ring (bicyclic) bond motifs is 2. The Morgan fingerprint density at radius 3 is 2.82 bits per heavy atom. The van der Waals surface area contributed by atoms with Crippen LogP contribution in [-0.2, 0) is 4.74 Å². The molecule has 4 atom stereocenters. The van der Waals surface area contributed by atoms with Crippen LogP contribution in [0.3, 0.4) is 0 Å². The van der Waals surface area contributed by atoms with Crippen LogP contribution in [-0.4, -0.2) is 88.5 Å². The number of anilines is 1. The number of likely N-dealkylation sites (N-methyl/N-ethyl adjacent to an activating group) is 1. The van der Waals surface area contributed by atoms with Crippen LogP contribution in [0.25, 0.3) is 10.9 Å². The standard InChI is InChI=1S/C27H36BrFIN5O3/c1-16-22(7-10-35(16)25(36)38-26(2,3)4)33(5)23-18-11-20(30)19(28)12-21(18)31-24(32-23)37-15-27-8-6-9-34(27)14-17(29)13-27/h11-12,16-17,22H,6-10,13-15H2,1-5H3/t16?,17-,22?,27+/m1/s1. The molecule has 1 amide bonds. The Hall–Kier alpha value is -1.47. The van der Waals surface area contributed by atoms with Crippen molar-refractivity contribution < 1.29 is 18.7 Å². The van der Waals surface area contributed by atoms with E-state index in [1.165, 1.54) is 0 Å². The van der Waals surface area contributed by atoms with Crippen LogP contribution < -0.4 is 9.64 Å². The summed E-state index contributed by atoms with van der Waals surface area (Å²) in [5, 5.41) is 0.917. The van der Waals surface area contributed by atoms with E-state index in [9.17, 15) is 9.18 Å². The maximum Gasteiger partial charge on any atom is 0.410 e. The third-order valence-electron chi connectivity index (χ3n) is 8.10. The zero-order valence-corrected chi connectivity index (χ0v) is 26.4. The number of ether oxygens (including phenoxy) is 2. The average molecular weight is 704 g/mol. The molecule has 0 spiro atoms. The lowest BCUT2D eigenvalue weighted by Gasteiger charge is -2.33. The minimum absolute atomic E-state index is 0.0424. The van der Waals surface area contributed by atoms with E-state index in [4.69, 9.17) is 19.4 Å². The van der Waals surface area contributed by atoms with Crippen LogP contribution in [0.2, 0.25) is 0 Å². The molecule has 0 saturated carbocycles. The topological polar surface area (TPSA) is 71.0 Å². The van der Waals surface area contributed by atoms with Crippen molar-refractivity contribution in [3.8, 4) is 6.01 Å². The molecule has 2 unspecified atom stereocenters. The smallest absolute Gasteiger partial charge is 0.410 e. The number of amides is 1. The number of alkyl halides is 1. The molecule has 0 bridgehead atoms. The van der Waals surface area contributed by atoms with E-state index in [0.29, 0.717) is 32.1 Å². The van der Waals surface area contributed by atoms with Gasteiger partial charge in [0.05, 0.1) is 23.1 Å². The number of halogens is 3. The highest BCUT2D eigenvalue weighted by molar-refractivity contribution is 14.1. The number of aromatic nitrogens is 2. The van der Waals surface area contributed by atoms with Crippen molar-refractivity contribution >= 4 is 61.3 Å². The number of rotatable bonds is 5. The van der Waals surface area contributed by atoms with E-state index in [-0.39, 0.29) is 23.7 Å². The maximum atomic E-state index is 14.3. The van der Waals surface area contributed by atoms with Crippen molar-refractivity contribution in [3.05, 3.63) is 20.2 Å². The first-order valence-electron chi connectivity index (χ1n) is 13.3. The van der Waals surface area contributed by atoms with Gasteiger partial charge in [0, 0.05) is 40.0 Å². The van der Waals surface area contributed by atoms with Gasteiger partial charge in [-0.2, -0.15) is 9.97 Å². The van der Waals surface area contributed by atoms with Gasteiger partial charge in [-0.1, -0.05) is 0 Å². The van der Waals surface area contributed by atoms with Gasteiger partial charge in [-0.3, -0.25) is 4.90 Å². The molecule has 3 aliphatic heterocycles. The van der Waals surface area contributed by atoms with E-state index < -0.39 is 11.8 Å². The zero-order chi connectivity index (χ0) is 27.4. The van der Waals surface area contributed by atoms with Crippen molar-refractivity contribution in [1.82, 2.24) is 19.8 Å². The third-order valence-corrected chi connectivity index (χ3v) is 10.4. The van der Waals surface area contributed by atoms with Gasteiger partial charge in [-0.15, -0.1) is 0 Å². The van der Waals surface area contributed by atoms with E-state index in [1.807, 2.05) is 33.9 Å². The Balaban J connectivity index is 1.43. The number of benzene rings is 1. The molecule has 4 heterocycles.